The maximum Gasteiger partial charge on any atom is 0.247 e. The number of benzene rings is 1. The summed E-state index contributed by atoms with van der Waals surface area (Å²) in [5, 5.41) is 5.27. The topological polar surface area (TPSA) is 58.6 Å². The van der Waals surface area contributed by atoms with E-state index in [2.05, 4.69) is 5.32 Å². The lowest BCUT2D eigenvalue weighted by molar-refractivity contribution is -0.142. The normalized spacial score (nSPS) is 20.1. The van der Waals surface area contributed by atoms with E-state index in [1.165, 1.54) is 6.42 Å². The quantitative estimate of drug-likeness (QED) is 0.623. The zero-order valence-corrected chi connectivity index (χ0v) is 19.7. The molecule has 172 valence electrons. The highest BCUT2D eigenvalue weighted by Gasteiger charge is 2.35. The van der Waals surface area contributed by atoms with Crippen LogP contribution in [0.4, 0.5) is 0 Å². The van der Waals surface area contributed by atoms with E-state index in [0.717, 1.165) is 61.1 Å². The molecule has 0 unspecified atom stereocenters. The summed E-state index contributed by atoms with van der Waals surface area (Å²) in [5.41, 5.74) is 2.00. The fourth-order valence-corrected chi connectivity index (χ4v) is 5.47. The highest BCUT2D eigenvalue weighted by molar-refractivity contribution is 7.10. The molecular weight excluding hydrogens is 420 g/mol. The fraction of sp³-hybridized carbons (Fsp3) is 0.538. The number of nitrogens with one attached hydrogen (secondary N) is 1. The third-order valence-electron chi connectivity index (χ3n) is 6.55. The molecule has 5 nitrogen and oxygen atoms in total. The summed E-state index contributed by atoms with van der Waals surface area (Å²) in [6, 6.07) is 11.5. The Morgan fingerprint density at radius 2 is 1.88 bits per heavy atom. The molecule has 2 aliphatic rings. The molecule has 6 heteroatoms. The van der Waals surface area contributed by atoms with Crippen molar-refractivity contribution in [2.45, 2.75) is 76.5 Å². The van der Waals surface area contributed by atoms with Gasteiger partial charge in [-0.1, -0.05) is 55.2 Å². The molecule has 1 aromatic heterocycles. The van der Waals surface area contributed by atoms with Crippen LogP contribution >= 0.6 is 11.3 Å². The van der Waals surface area contributed by atoms with Crippen LogP contribution < -0.4 is 5.32 Å². The number of hydrogen-bond donors (Lipinski definition) is 1. The molecule has 2 fully saturated rings. The Labute approximate surface area is 195 Å². The average Bonchev–Trinajstić information content (AvgIpc) is 3.49. The Hall–Kier alpha value is -2.18. The number of rotatable bonds is 8. The standard InChI is InChI=1S/C26H34N2O3S/c1-19-11-13-20(14-12-19)25(26(30)27-21-7-3-2-4-8-21)28(18-22-9-5-15-31-22)24(29)17-23-10-6-16-32-23/h6,10-14,16,21-22,25H,2-5,7-9,15,17-18H2,1H3,(H,27,30)/t22-,25+/m1/s1. The number of carbonyl (C=O) groups is 2. The van der Waals surface area contributed by atoms with Gasteiger partial charge in [0, 0.05) is 24.1 Å². The number of carbonyl (C=O) groups excluding carboxylic acids is 2. The molecule has 1 aromatic carbocycles. The zero-order chi connectivity index (χ0) is 22.3. The molecule has 2 aromatic rings. The Morgan fingerprint density at radius 1 is 1.09 bits per heavy atom. The minimum atomic E-state index is -0.644. The summed E-state index contributed by atoms with van der Waals surface area (Å²) in [5.74, 6) is -0.0920. The van der Waals surface area contributed by atoms with Crippen molar-refractivity contribution in [1.29, 1.82) is 0 Å². The number of aryl methyl sites for hydroxylation is 1. The third kappa shape index (κ3) is 5.99. The van der Waals surface area contributed by atoms with Crippen LogP contribution in [0.5, 0.6) is 0 Å². The SMILES string of the molecule is Cc1ccc([C@@H](C(=O)NC2CCCCC2)N(C[C@H]2CCCO2)C(=O)Cc2cccs2)cc1. The van der Waals surface area contributed by atoms with Gasteiger partial charge >= 0.3 is 0 Å². The highest BCUT2D eigenvalue weighted by atomic mass is 32.1. The predicted molar refractivity (Wildman–Crippen MR) is 128 cm³/mol. The van der Waals surface area contributed by atoms with Crippen LogP contribution in [0, 0.1) is 6.92 Å². The second-order valence-corrected chi connectivity index (χ2v) is 10.1. The molecule has 4 rings (SSSR count). The molecule has 1 saturated carbocycles. The van der Waals surface area contributed by atoms with Gasteiger partial charge in [-0.25, -0.2) is 0 Å². The molecule has 32 heavy (non-hydrogen) atoms. The van der Waals surface area contributed by atoms with Crippen molar-refractivity contribution in [3.63, 3.8) is 0 Å². The van der Waals surface area contributed by atoms with E-state index >= 15 is 0 Å². The van der Waals surface area contributed by atoms with Crippen molar-refractivity contribution in [3.05, 3.63) is 57.8 Å². The van der Waals surface area contributed by atoms with Crippen molar-refractivity contribution in [2.24, 2.45) is 0 Å². The monoisotopic (exact) mass is 454 g/mol. The van der Waals surface area contributed by atoms with Gasteiger partial charge in [-0.05, 0) is 49.6 Å². The van der Waals surface area contributed by atoms with Crippen molar-refractivity contribution >= 4 is 23.2 Å². The van der Waals surface area contributed by atoms with Gasteiger partial charge in [0.05, 0.1) is 12.5 Å². The van der Waals surface area contributed by atoms with Gasteiger partial charge in [0.15, 0.2) is 0 Å². The summed E-state index contributed by atoms with van der Waals surface area (Å²) < 4.78 is 5.88. The van der Waals surface area contributed by atoms with E-state index in [4.69, 9.17) is 4.74 Å². The molecule has 2 amide bonds. The largest absolute Gasteiger partial charge is 0.376 e. The van der Waals surface area contributed by atoms with Crippen molar-refractivity contribution in [3.8, 4) is 0 Å². The summed E-state index contributed by atoms with van der Waals surface area (Å²) in [4.78, 5) is 30.0. The summed E-state index contributed by atoms with van der Waals surface area (Å²) >= 11 is 1.58. The predicted octanol–water partition coefficient (Wildman–Crippen LogP) is 4.80. The number of amides is 2. The van der Waals surface area contributed by atoms with Crippen LogP contribution in [0.2, 0.25) is 0 Å². The Kier molecular flexibility index (Phi) is 7.98. The number of nitrogens with zero attached hydrogens (tertiary/aromatic N) is 1. The molecule has 2 atom stereocenters. The molecule has 0 spiro atoms. The average molecular weight is 455 g/mol. The van der Waals surface area contributed by atoms with Crippen LogP contribution in [0.15, 0.2) is 41.8 Å². The zero-order valence-electron chi connectivity index (χ0n) is 18.9. The Balaban J connectivity index is 1.62. The Morgan fingerprint density at radius 3 is 2.53 bits per heavy atom. The lowest BCUT2D eigenvalue weighted by atomic mass is 9.94. The van der Waals surface area contributed by atoms with E-state index in [1.807, 2.05) is 48.7 Å². The first-order valence-corrected chi connectivity index (χ1v) is 12.8. The maximum atomic E-state index is 13.7. The van der Waals surface area contributed by atoms with Crippen molar-refractivity contribution < 1.29 is 14.3 Å². The van der Waals surface area contributed by atoms with Crippen molar-refractivity contribution in [2.75, 3.05) is 13.2 Å². The molecule has 1 saturated heterocycles. The first-order chi connectivity index (χ1) is 15.6. The minimum absolute atomic E-state index is 0.0160. The number of thiophene rings is 1. The summed E-state index contributed by atoms with van der Waals surface area (Å²) in [6.07, 6.45) is 7.78. The number of hydrogen-bond acceptors (Lipinski definition) is 4. The molecule has 2 heterocycles. The van der Waals surface area contributed by atoms with Crippen LogP contribution in [0.25, 0.3) is 0 Å². The van der Waals surface area contributed by atoms with E-state index in [1.54, 1.807) is 16.2 Å². The lowest BCUT2D eigenvalue weighted by Crippen LogP contribution is -2.49. The van der Waals surface area contributed by atoms with E-state index < -0.39 is 6.04 Å². The van der Waals surface area contributed by atoms with Crippen LogP contribution in [-0.2, 0) is 20.7 Å². The van der Waals surface area contributed by atoms with E-state index in [-0.39, 0.29) is 24.0 Å². The molecule has 1 N–H and O–H groups in total. The molecule has 0 bridgehead atoms. The Bertz CT molecular complexity index is 869. The fourth-order valence-electron chi connectivity index (χ4n) is 4.77. The summed E-state index contributed by atoms with van der Waals surface area (Å²) in [6.45, 7) is 3.20. The van der Waals surface area contributed by atoms with Crippen LogP contribution in [0.3, 0.4) is 0 Å². The second kappa shape index (κ2) is 11.1. The van der Waals surface area contributed by atoms with Gasteiger partial charge in [-0.15, -0.1) is 11.3 Å². The third-order valence-corrected chi connectivity index (χ3v) is 7.43. The summed E-state index contributed by atoms with van der Waals surface area (Å²) in [7, 11) is 0. The maximum absolute atomic E-state index is 13.7. The van der Waals surface area contributed by atoms with Gasteiger partial charge in [0.2, 0.25) is 11.8 Å². The molecule has 1 aliphatic heterocycles. The van der Waals surface area contributed by atoms with Gasteiger partial charge in [-0.3, -0.25) is 9.59 Å². The van der Waals surface area contributed by atoms with Crippen LogP contribution in [-0.4, -0.2) is 42.0 Å². The minimum Gasteiger partial charge on any atom is -0.376 e. The first kappa shape index (κ1) is 23.0. The van der Waals surface area contributed by atoms with E-state index in [0.29, 0.717) is 13.0 Å². The molecular formula is C26H34N2O3S. The number of ether oxygens (including phenoxy) is 1. The van der Waals surface area contributed by atoms with Gasteiger partial charge in [0.25, 0.3) is 0 Å². The van der Waals surface area contributed by atoms with Crippen molar-refractivity contribution in [1.82, 2.24) is 10.2 Å². The second-order valence-electron chi connectivity index (χ2n) is 9.09. The molecule has 1 aliphatic carbocycles. The molecule has 0 radical (unpaired) electrons. The smallest absolute Gasteiger partial charge is 0.247 e. The lowest BCUT2D eigenvalue weighted by Gasteiger charge is -2.34. The van der Waals surface area contributed by atoms with E-state index in [9.17, 15) is 9.59 Å². The van der Waals surface area contributed by atoms with Gasteiger partial charge in [0.1, 0.15) is 6.04 Å². The van der Waals surface area contributed by atoms with Gasteiger partial charge < -0.3 is 15.0 Å². The van der Waals surface area contributed by atoms with Gasteiger partial charge in [-0.2, -0.15) is 0 Å². The highest BCUT2D eigenvalue weighted by Crippen LogP contribution is 2.27. The van der Waals surface area contributed by atoms with Crippen LogP contribution in [0.1, 0.15) is 67.0 Å². The first-order valence-electron chi connectivity index (χ1n) is 11.9.